The van der Waals surface area contributed by atoms with Crippen LogP contribution in [0.1, 0.15) is 46.7 Å². The number of methoxy groups -OCH3 is 1. The van der Waals surface area contributed by atoms with Crippen molar-refractivity contribution >= 4 is 12.0 Å². The van der Waals surface area contributed by atoms with Crippen LogP contribution in [0, 0.1) is 0 Å². The Bertz CT molecular complexity index is 1090. The molecule has 1 aliphatic heterocycles. The van der Waals surface area contributed by atoms with Crippen molar-refractivity contribution in [2.24, 2.45) is 0 Å². The zero-order chi connectivity index (χ0) is 26.2. The molecule has 0 spiro atoms. The summed E-state index contributed by atoms with van der Waals surface area (Å²) in [6, 6.07) is 2.95. The first-order valence-corrected chi connectivity index (χ1v) is 10.1. The first-order chi connectivity index (χ1) is 16.1. The third kappa shape index (κ3) is 6.09. The number of ether oxygens (including phenoxy) is 1. The van der Waals surface area contributed by atoms with E-state index in [0.29, 0.717) is 18.6 Å². The number of amides is 1. The molecule has 190 valence electrons. The van der Waals surface area contributed by atoms with E-state index in [0.717, 1.165) is 35.3 Å². The van der Waals surface area contributed by atoms with Gasteiger partial charge in [-0.15, -0.1) is 0 Å². The predicted octanol–water partition coefficient (Wildman–Crippen LogP) is 7.13. The fourth-order valence-corrected chi connectivity index (χ4v) is 3.89. The van der Waals surface area contributed by atoms with Crippen LogP contribution < -0.4 is 4.74 Å². The van der Waals surface area contributed by atoms with Gasteiger partial charge in [-0.25, -0.2) is 0 Å². The molecule has 0 saturated carbocycles. The Labute approximate surface area is 193 Å². The van der Waals surface area contributed by atoms with E-state index in [2.05, 4.69) is 0 Å². The number of likely N-dealkylation sites (tertiary alicyclic amines) is 1. The van der Waals surface area contributed by atoms with E-state index < -0.39 is 52.7 Å². The van der Waals surface area contributed by atoms with Gasteiger partial charge in [-0.3, -0.25) is 4.79 Å². The van der Waals surface area contributed by atoms with Crippen LogP contribution in [-0.2, 0) is 23.3 Å². The fourth-order valence-electron chi connectivity index (χ4n) is 3.89. The van der Waals surface area contributed by atoms with E-state index in [1.807, 2.05) is 0 Å². The minimum Gasteiger partial charge on any atom is -0.497 e. The Hall–Kier alpha value is -3.18. The number of halogens is 9. The number of carbonyl (C=O) groups is 1. The Morgan fingerprint density at radius 1 is 0.914 bits per heavy atom. The van der Waals surface area contributed by atoms with Crippen LogP contribution in [0.25, 0.3) is 6.08 Å². The molecule has 3 nitrogen and oxygen atoms in total. The van der Waals surface area contributed by atoms with Crippen LogP contribution in [0.3, 0.4) is 0 Å². The van der Waals surface area contributed by atoms with Gasteiger partial charge in [0.15, 0.2) is 0 Å². The maximum Gasteiger partial charge on any atom is 0.416 e. The summed E-state index contributed by atoms with van der Waals surface area (Å²) in [5.41, 5.74) is -4.82. The zero-order valence-electron chi connectivity index (χ0n) is 18.0. The van der Waals surface area contributed by atoms with Crippen molar-refractivity contribution in [3.05, 3.63) is 70.3 Å². The molecule has 35 heavy (non-hydrogen) atoms. The van der Waals surface area contributed by atoms with Crippen molar-refractivity contribution in [1.82, 2.24) is 4.90 Å². The highest BCUT2D eigenvalue weighted by Gasteiger charge is 2.39. The molecule has 1 saturated heterocycles. The maximum absolute atomic E-state index is 13.6. The van der Waals surface area contributed by atoms with E-state index in [1.165, 1.54) is 7.11 Å². The molecule has 1 atom stereocenters. The van der Waals surface area contributed by atoms with Gasteiger partial charge in [0, 0.05) is 12.6 Å². The monoisotopic (exact) mass is 511 g/mol. The van der Waals surface area contributed by atoms with Gasteiger partial charge in [0.25, 0.3) is 0 Å². The summed E-state index contributed by atoms with van der Waals surface area (Å²) >= 11 is 0. The van der Waals surface area contributed by atoms with Gasteiger partial charge >= 0.3 is 18.5 Å². The van der Waals surface area contributed by atoms with E-state index in [4.69, 9.17) is 4.74 Å². The van der Waals surface area contributed by atoms with Crippen LogP contribution in [-0.4, -0.2) is 24.5 Å². The summed E-state index contributed by atoms with van der Waals surface area (Å²) in [5, 5.41) is 0. The largest absolute Gasteiger partial charge is 0.497 e. The fraction of sp³-hybridized carbons (Fsp3) is 0.348. The van der Waals surface area contributed by atoms with Crippen LogP contribution in [0.5, 0.6) is 5.75 Å². The van der Waals surface area contributed by atoms with Gasteiger partial charge in [0.05, 0.1) is 29.8 Å². The average Bonchev–Trinajstić information content (AvgIpc) is 3.25. The molecule has 1 heterocycles. The Kier molecular flexibility index (Phi) is 7.14. The van der Waals surface area contributed by atoms with Gasteiger partial charge in [-0.05, 0) is 66.4 Å². The van der Waals surface area contributed by atoms with Crippen molar-refractivity contribution < 1.29 is 49.0 Å². The minimum atomic E-state index is -5.06. The first-order valence-electron chi connectivity index (χ1n) is 10.1. The summed E-state index contributed by atoms with van der Waals surface area (Å²) in [4.78, 5) is 13.9. The molecule has 0 bridgehead atoms. The molecule has 0 radical (unpaired) electrons. The Morgan fingerprint density at radius 3 is 2.03 bits per heavy atom. The van der Waals surface area contributed by atoms with Crippen molar-refractivity contribution in [2.45, 2.75) is 37.4 Å². The standard InChI is InChI=1S/C23H18F9NO2/c1-35-16-5-6-18(23(30,31)32)17(12-16)19-3-2-8-33(19)20(34)7-4-13-9-14(21(24,25)26)11-15(10-13)22(27,28)29/h4-7,9-12,19H,2-3,8H2,1H3/b7-4+. The lowest BCUT2D eigenvalue weighted by Gasteiger charge is -2.27. The van der Waals surface area contributed by atoms with Crippen molar-refractivity contribution in [3.63, 3.8) is 0 Å². The lowest BCUT2D eigenvalue weighted by molar-refractivity contribution is -0.143. The molecule has 12 heteroatoms. The number of nitrogens with zero attached hydrogens (tertiary/aromatic N) is 1. The lowest BCUT2D eigenvalue weighted by Crippen LogP contribution is -2.30. The van der Waals surface area contributed by atoms with Gasteiger partial charge in [0.1, 0.15) is 5.75 Å². The number of alkyl halides is 9. The topological polar surface area (TPSA) is 29.5 Å². The molecule has 0 aromatic heterocycles. The second-order valence-corrected chi connectivity index (χ2v) is 7.81. The van der Waals surface area contributed by atoms with Crippen LogP contribution >= 0.6 is 0 Å². The van der Waals surface area contributed by atoms with E-state index in [1.54, 1.807) is 0 Å². The molecule has 0 N–H and O–H groups in total. The van der Waals surface area contributed by atoms with Crippen LogP contribution in [0.2, 0.25) is 0 Å². The number of rotatable bonds is 4. The van der Waals surface area contributed by atoms with E-state index >= 15 is 0 Å². The molecule has 1 amide bonds. The molecular weight excluding hydrogens is 493 g/mol. The summed E-state index contributed by atoms with van der Waals surface area (Å²) in [6.07, 6.45) is -12.8. The number of benzene rings is 2. The van der Waals surface area contributed by atoms with Crippen LogP contribution in [0.4, 0.5) is 39.5 Å². The molecule has 2 aromatic rings. The molecule has 2 aromatic carbocycles. The van der Waals surface area contributed by atoms with Gasteiger partial charge in [-0.2, -0.15) is 39.5 Å². The number of carbonyl (C=O) groups excluding carboxylic acids is 1. The van der Waals surface area contributed by atoms with Crippen molar-refractivity contribution in [1.29, 1.82) is 0 Å². The molecule has 1 aliphatic rings. The number of hydrogen-bond acceptors (Lipinski definition) is 2. The van der Waals surface area contributed by atoms with Gasteiger partial charge < -0.3 is 9.64 Å². The zero-order valence-corrected chi connectivity index (χ0v) is 18.0. The van der Waals surface area contributed by atoms with E-state index in [9.17, 15) is 44.3 Å². The summed E-state index contributed by atoms with van der Waals surface area (Å²) < 4.78 is 124. The Balaban J connectivity index is 1.95. The quantitative estimate of drug-likeness (QED) is 0.323. The summed E-state index contributed by atoms with van der Waals surface area (Å²) in [6.45, 7) is 0.0543. The predicted molar refractivity (Wildman–Crippen MR) is 107 cm³/mol. The summed E-state index contributed by atoms with van der Waals surface area (Å²) in [7, 11) is 1.26. The SMILES string of the molecule is COc1ccc(C(F)(F)F)c(C2CCCN2C(=O)/C=C/c2cc(C(F)(F)F)cc(C(F)(F)F)c2)c1. The van der Waals surface area contributed by atoms with Gasteiger partial charge in [0.2, 0.25) is 5.91 Å². The van der Waals surface area contributed by atoms with Crippen molar-refractivity contribution in [2.75, 3.05) is 13.7 Å². The minimum absolute atomic E-state index is 0.0445. The number of hydrogen-bond donors (Lipinski definition) is 0. The van der Waals surface area contributed by atoms with Crippen molar-refractivity contribution in [3.8, 4) is 5.75 Å². The molecule has 3 rings (SSSR count). The van der Waals surface area contributed by atoms with Gasteiger partial charge in [-0.1, -0.05) is 0 Å². The summed E-state index contributed by atoms with van der Waals surface area (Å²) in [5.74, 6) is -0.721. The van der Waals surface area contributed by atoms with Crippen LogP contribution in [0.15, 0.2) is 42.5 Å². The van der Waals surface area contributed by atoms with E-state index in [-0.39, 0.29) is 30.3 Å². The third-order valence-electron chi connectivity index (χ3n) is 5.49. The highest BCUT2D eigenvalue weighted by molar-refractivity contribution is 5.92. The highest BCUT2D eigenvalue weighted by Crippen LogP contribution is 2.42. The third-order valence-corrected chi connectivity index (χ3v) is 5.49. The molecule has 0 aliphatic carbocycles. The molecule has 1 unspecified atom stereocenters. The maximum atomic E-state index is 13.6. The smallest absolute Gasteiger partial charge is 0.416 e. The Morgan fingerprint density at radius 2 is 1.51 bits per heavy atom. The second-order valence-electron chi connectivity index (χ2n) is 7.81. The normalized spacial score (nSPS) is 17.3. The highest BCUT2D eigenvalue weighted by atomic mass is 19.4. The lowest BCUT2D eigenvalue weighted by atomic mass is 9.97. The molecular formula is C23H18F9NO2. The average molecular weight is 511 g/mol. The first kappa shape index (κ1) is 26.4. The second kappa shape index (κ2) is 9.46. The molecule has 1 fully saturated rings.